The lowest BCUT2D eigenvalue weighted by molar-refractivity contribution is 0.0733. The molecule has 2 rings (SSSR count). The summed E-state index contributed by atoms with van der Waals surface area (Å²) in [5.41, 5.74) is 8.44. The van der Waals surface area contributed by atoms with Crippen molar-refractivity contribution in [2.75, 3.05) is 6.61 Å². The van der Waals surface area contributed by atoms with Crippen molar-refractivity contribution >= 4 is 10.9 Å². The topological polar surface area (TPSA) is 40.2 Å². The molecule has 0 aliphatic carbocycles. The standard InChI is InChI=1S/C16H24N2O/c1-12(2)19-9-8-18-7-6-15-5-4-14(10-13(3)17)11-16(15)18/h4-7,11-13H,8-10,17H2,1-3H3. The molecule has 2 aromatic rings. The molecule has 1 heterocycles. The van der Waals surface area contributed by atoms with Gasteiger partial charge in [-0.3, -0.25) is 0 Å². The van der Waals surface area contributed by atoms with Crippen LogP contribution in [0.2, 0.25) is 0 Å². The largest absolute Gasteiger partial charge is 0.377 e. The number of nitrogens with zero attached hydrogens (tertiary/aromatic N) is 1. The van der Waals surface area contributed by atoms with Crippen LogP contribution in [0.15, 0.2) is 30.5 Å². The normalized spacial score (nSPS) is 13.3. The first-order chi connectivity index (χ1) is 9.06. The van der Waals surface area contributed by atoms with Crippen LogP contribution in [0.1, 0.15) is 26.3 Å². The third-order valence-electron chi connectivity index (χ3n) is 3.18. The molecule has 1 aromatic heterocycles. The highest BCUT2D eigenvalue weighted by Gasteiger charge is 2.04. The van der Waals surface area contributed by atoms with Gasteiger partial charge in [0.05, 0.1) is 12.7 Å². The first kappa shape index (κ1) is 14.1. The van der Waals surface area contributed by atoms with Crippen molar-refractivity contribution in [3.63, 3.8) is 0 Å². The van der Waals surface area contributed by atoms with Gasteiger partial charge in [-0.25, -0.2) is 0 Å². The second kappa shape index (κ2) is 6.22. The Morgan fingerprint density at radius 3 is 2.68 bits per heavy atom. The molecule has 0 amide bonds. The molecule has 3 nitrogen and oxygen atoms in total. The Kier molecular flexibility index (Phi) is 4.61. The highest BCUT2D eigenvalue weighted by Crippen LogP contribution is 2.18. The lowest BCUT2D eigenvalue weighted by Crippen LogP contribution is -2.17. The van der Waals surface area contributed by atoms with Gasteiger partial charge in [0.2, 0.25) is 0 Å². The predicted molar refractivity (Wildman–Crippen MR) is 80.4 cm³/mol. The lowest BCUT2D eigenvalue weighted by atomic mass is 10.1. The molecule has 0 fully saturated rings. The van der Waals surface area contributed by atoms with E-state index in [1.54, 1.807) is 0 Å². The highest BCUT2D eigenvalue weighted by atomic mass is 16.5. The van der Waals surface area contributed by atoms with Crippen LogP contribution in [-0.2, 0) is 17.7 Å². The van der Waals surface area contributed by atoms with Gasteiger partial charge in [0, 0.05) is 24.3 Å². The Balaban J connectivity index is 2.15. The van der Waals surface area contributed by atoms with Crippen molar-refractivity contribution in [2.45, 2.75) is 45.9 Å². The number of hydrogen-bond donors (Lipinski definition) is 1. The van der Waals surface area contributed by atoms with Gasteiger partial charge in [-0.2, -0.15) is 0 Å². The van der Waals surface area contributed by atoms with Crippen LogP contribution >= 0.6 is 0 Å². The van der Waals surface area contributed by atoms with Crippen molar-refractivity contribution in [1.82, 2.24) is 4.57 Å². The monoisotopic (exact) mass is 260 g/mol. The van der Waals surface area contributed by atoms with E-state index < -0.39 is 0 Å². The molecular formula is C16H24N2O. The number of aromatic nitrogens is 1. The molecule has 2 N–H and O–H groups in total. The van der Waals surface area contributed by atoms with Crippen molar-refractivity contribution in [3.8, 4) is 0 Å². The first-order valence-corrected chi connectivity index (χ1v) is 7.01. The maximum absolute atomic E-state index is 5.87. The van der Waals surface area contributed by atoms with E-state index in [0.717, 1.165) is 19.6 Å². The maximum Gasteiger partial charge on any atom is 0.0649 e. The average molecular weight is 260 g/mol. The van der Waals surface area contributed by atoms with Crippen LogP contribution in [-0.4, -0.2) is 23.3 Å². The van der Waals surface area contributed by atoms with Crippen LogP contribution in [0.5, 0.6) is 0 Å². The summed E-state index contributed by atoms with van der Waals surface area (Å²) in [6, 6.07) is 8.94. The van der Waals surface area contributed by atoms with E-state index >= 15 is 0 Å². The molecule has 0 aliphatic rings. The molecule has 19 heavy (non-hydrogen) atoms. The Morgan fingerprint density at radius 2 is 2.00 bits per heavy atom. The third-order valence-corrected chi connectivity index (χ3v) is 3.18. The fourth-order valence-corrected chi connectivity index (χ4v) is 2.31. The fourth-order valence-electron chi connectivity index (χ4n) is 2.31. The molecule has 1 atom stereocenters. The third kappa shape index (κ3) is 3.82. The quantitative estimate of drug-likeness (QED) is 0.867. The van der Waals surface area contributed by atoms with Gasteiger partial charge in [0.25, 0.3) is 0 Å². The van der Waals surface area contributed by atoms with Gasteiger partial charge in [-0.1, -0.05) is 12.1 Å². The fraction of sp³-hybridized carbons (Fsp3) is 0.500. The zero-order valence-electron chi connectivity index (χ0n) is 12.1. The Morgan fingerprint density at radius 1 is 1.21 bits per heavy atom. The predicted octanol–water partition coefficient (Wildman–Crippen LogP) is 2.96. The highest BCUT2D eigenvalue weighted by molar-refractivity contribution is 5.80. The molecule has 1 unspecified atom stereocenters. The second-order valence-corrected chi connectivity index (χ2v) is 5.50. The van der Waals surface area contributed by atoms with Crippen LogP contribution in [0.25, 0.3) is 10.9 Å². The lowest BCUT2D eigenvalue weighted by Gasteiger charge is -2.10. The molecule has 0 bridgehead atoms. The summed E-state index contributed by atoms with van der Waals surface area (Å²) in [4.78, 5) is 0. The van der Waals surface area contributed by atoms with Gasteiger partial charge in [-0.05, 0) is 50.3 Å². The summed E-state index contributed by atoms with van der Waals surface area (Å²) in [5, 5.41) is 1.28. The van der Waals surface area contributed by atoms with Crippen LogP contribution in [0.3, 0.4) is 0 Å². The van der Waals surface area contributed by atoms with Crippen molar-refractivity contribution in [1.29, 1.82) is 0 Å². The number of ether oxygens (including phenoxy) is 1. The van der Waals surface area contributed by atoms with E-state index in [4.69, 9.17) is 10.5 Å². The number of fused-ring (bicyclic) bond motifs is 1. The van der Waals surface area contributed by atoms with Crippen molar-refractivity contribution in [2.24, 2.45) is 5.73 Å². The number of nitrogens with two attached hydrogens (primary N) is 1. The average Bonchev–Trinajstić information content (AvgIpc) is 2.71. The Labute approximate surface area is 115 Å². The number of rotatable bonds is 6. The molecule has 104 valence electrons. The molecule has 0 radical (unpaired) electrons. The van der Waals surface area contributed by atoms with E-state index in [0.29, 0.717) is 0 Å². The summed E-state index contributed by atoms with van der Waals surface area (Å²) >= 11 is 0. The zero-order chi connectivity index (χ0) is 13.8. The molecule has 3 heteroatoms. The Hall–Kier alpha value is -1.32. The summed E-state index contributed by atoms with van der Waals surface area (Å²) < 4.78 is 7.87. The van der Waals surface area contributed by atoms with Crippen LogP contribution in [0, 0.1) is 0 Å². The second-order valence-electron chi connectivity index (χ2n) is 5.50. The van der Waals surface area contributed by atoms with Crippen molar-refractivity contribution < 1.29 is 4.74 Å². The van der Waals surface area contributed by atoms with Crippen molar-refractivity contribution in [3.05, 3.63) is 36.0 Å². The van der Waals surface area contributed by atoms with Gasteiger partial charge in [-0.15, -0.1) is 0 Å². The summed E-state index contributed by atoms with van der Waals surface area (Å²) in [6.07, 6.45) is 3.34. The SMILES string of the molecule is CC(N)Cc1ccc2ccn(CCOC(C)C)c2c1. The molecule has 0 spiro atoms. The smallest absolute Gasteiger partial charge is 0.0649 e. The minimum absolute atomic E-state index is 0.199. The minimum atomic E-state index is 0.199. The molecular weight excluding hydrogens is 236 g/mol. The van der Waals surface area contributed by atoms with Crippen LogP contribution < -0.4 is 5.73 Å². The minimum Gasteiger partial charge on any atom is -0.377 e. The van der Waals surface area contributed by atoms with Gasteiger partial charge >= 0.3 is 0 Å². The molecule has 0 saturated carbocycles. The summed E-state index contributed by atoms with van der Waals surface area (Å²) in [7, 11) is 0. The van der Waals surface area contributed by atoms with E-state index in [-0.39, 0.29) is 12.1 Å². The Bertz CT molecular complexity index is 529. The van der Waals surface area contributed by atoms with Gasteiger partial charge in [0.1, 0.15) is 0 Å². The molecule has 0 aliphatic heterocycles. The zero-order valence-corrected chi connectivity index (χ0v) is 12.1. The molecule has 1 aromatic carbocycles. The van der Waals surface area contributed by atoms with E-state index in [1.165, 1.54) is 16.5 Å². The maximum atomic E-state index is 5.87. The first-order valence-electron chi connectivity index (χ1n) is 7.01. The van der Waals surface area contributed by atoms with Gasteiger partial charge < -0.3 is 15.0 Å². The van der Waals surface area contributed by atoms with E-state index in [9.17, 15) is 0 Å². The number of hydrogen-bond acceptors (Lipinski definition) is 2. The molecule has 0 saturated heterocycles. The summed E-state index contributed by atoms with van der Waals surface area (Å²) in [5.74, 6) is 0. The van der Waals surface area contributed by atoms with Crippen LogP contribution in [0.4, 0.5) is 0 Å². The summed E-state index contributed by atoms with van der Waals surface area (Å²) in [6.45, 7) is 7.81. The number of benzene rings is 1. The van der Waals surface area contributed by atoms with E-state index in [1.807, 2.05) is 6.92 Å². The van der Waals surface area contributed by atoms with Gasteiger partial charge in [0.15, 0.2) is 0 Å². The van der Waals surface area contributed by atoms with E-state index in [2.05, 4.69) is 48.9 Å².